The molecule has 1 aromatic carbocycles. The van der Waals surface area contributed by atoms with Gasteiger partial charge in [-0.15, -0.1) is 0 Å². The number of primary amides is 1. The lowest BCUT2D eigenvalue weighted by molar-refractivity contribution is -0.168. The van der Waals surface area contributed by atoms with Crippen molar-refractivity contribution >= 4 is 21.7 Å². The number of amides is 1. The number of carbonyl (C=O) groups is 1. The van der Waals surface area contributed by atoms with Crippen molar-refractivity contribution in [2.45, 2.75) is 23.9 Å². The van der Waals surface area contributed by atoms with Crippen LogP contribution in [0.3, 0.4) is 0 Å². The van der Waals surface area contributed by atoms with Crippen molar-refractivity contribution < 1.29 is 35.5 Å². The zero-order valence-corrected chi connectivity index (χ0v) is 14.3. The van der Waals surface area contributed by atoms with E-state index < -0.39 is 41.5 Å². The molecule has 0 aliphatic carbocycles. The molecule has 0 atom stereocenters. The van der Waals surface area contributed by atoms with Crippen molar-refractivity contribution in [1.82, 2.24) is 10.2 Å². The summed E-state index contributed by atoms with van der Waals surface area (Å²) in [6.07, 6.45) is -3.87. The SMILES string of the molecule is NC(=O)c1cc(NS(=O)(=O)c2cccc(COCC(F)(F)C(F)F)c2)n[nH]1. The summed E-state index contributed by atoms with van der Waals surface area (Å²) in [5, 5.41) is 5.81. The molecule has 0 saturated carbocycles. The Morgan fingerprint density at radius 1 is 1.33 bits per heavy atom. The van der Waals surface area contributed by atoms with Gasteiger partial charge in [0, 0.05) is 6.07 Å². The predicted molar refractivity (Wildman–Crippen MR) is 85.0 cm³/mol. The fourth-order valence-electron chi connectivity index (χ4n) is 1.87. The van der Waals surface area contributed by atoms with E-state index in [0.717, 1.165) is 12.1 Å². The van der Waals surface area contributed by atoms with Crippen molar-refractivity contribution in [2.75, 3.05) is 11.3 Å². The topological polar surface area (TPSA) is 127 Å². The van der Waals surface area contributed by atoms with Crippen LogP contribution in [0.2, 0.25) is 0 Å². The van der Waals surface area contributed by atoms with E-state index in [1.165, 1.54) is 18.2 Å². The summed E-state index contributed by atoms with van der Waals surface area (Å²) in [7, 11) is -4.12. The van der Waals surface area contributed by atoms with Crippen LogP contribution in [0.1, 0.15) is 16.1 Å². The minimum Gasteiger partial charge on any atom is -0.370 e. The molecule has 0 aliphatic rings. The summed E-state index contributed by atoms with van der Waals surface area (Å²) in [5.41, 5.74) is 5.07. The van der Waals surface area contributed by atoms with Crippen LogP contribution in [0.25, 0.3) is 0 Å². The molecule has 13 heteroatoms. The van der Waals surface area contributed by atoms with Crippen LogP contribution in [0, 0.1) is 0 Å². The number of hydrogen-bond acceptors (Lipinski definition) is 5. The molecule has 1 aromatic heterocycles. The maximum atomic E-state index is 12.8. The van der Waals surface area contributed by atoms with Gasteiger partial charge in [-0.2, -0.15) is 13.9 Å². The number of nitrogens with zero attached hydrogens (tertiary/aromatic N) is 1. The fraction of sp³-hybridized carbons (Fsp3) is 0.286. The molecule has 0 saturated heterocycles. The van der Waals surface area contributed by atoms with Crippen LogP contribution in [-0.4, -0.2) is 43.5 Å². The van der Waals surface area contributed by atoms with Crippen LogP contribution in [0.15, 0.2) is 35.2 Å². The number of rotatable bonds is 9. The number of H-pyrrole nitrogens is 1. The summed E-state index contributed by atoms with van der Waals surface area (Å²) in [4.78, 5) is 10.7. The Labute approximate surface area is 150 Å². The Morgan fingerprint density at radius 3 is 2.63 bits per heavy atom. The number of nitrogens with one attached hydrogen (secondary N) is 2. The van der Waals surface area contributed by atoms with Crippen molar-refractivity contribution in [3.05, 3.63) is 41.6 Å². The second kappa shape index (κ2) is 7.92. The average Bonchev–Trinajstić information content (AvgIpc) is 3.03. The zero-order chi connectivity index (χ0) is 20.2. The zero-order valence-electron chi connectivity index (χ0n) is 13.5. The van der Waals surface area contributed by atoms with Gasteiger partial charge in [0.05, 0.1) is 11.5 Å². The number of aromatic amines is 1. The number of benzene rings is 1. The minimum absolute atomic E-state index is 0.116. The molecule has 2 aromatic rings. The number of ether oxygens (including phenoxy) is 1. The van der Waals surface area contributed by atoms with Gasteiger partial charge in [0.25, 0.3) is 15.9 Å². The Morgan fingerprint density at radius 2 is 2.04 bits per heavy atom. The van der Waals surface area contributed by atoms with Gasteiger partial charge < -0.3 is 10.5 Å². The van der Waals surface area contributed by atoms with Gasteiger partial charge >= 0.3 is 12.3 Å². The number of halogens is 4. The third kappa shape index (κ3) is 5.40. The first-order valence-electron chi connectivity index (χ1n) is 7.22. The third-order valence-corrected chi connectivity index (χ3v) is 4.53. The number of aromatic nitrogens is 2. The molecule has 0 aliphatic heterocycles. The Hall–Kier alpha value is -2.67. The molecule has 0 unspecified atom stereocenters. The van der Waals surface area contributed by atoms with Crippen LogP contribution in [-0.2, 0) is 21.4 Å². The lowest BCUT2D eigenvalue weighted by Gasteiger charge is -2.15. The van der Waals surface area contributed by atoms with Crippen molar-refractivity contribution in [3.8, 4) is 0 Å². The third-order valence-electron chi connectivity index (χ3n) is 3.17. The first kappa shape index (κ1) is 20.6. The highest BCUT2D eigenvalue weighted by Crippen LogP contribution is 2.23. The molecule has 0 bridgehead atoms. The second-order valence-electron chi connectivity index (χ2n) is 5.34. The molecule has 0 radical (unpaired) electrons. The van der Waals surface area contributed by atoms with Gasteiger partial charge in [-0.05, 0) is 17.7 Å². The van der Waals surface area contributed by atoms with Gasteiger partial charge in [-0.25, -0.2) is 17.2 Å². The standard InChI is InChI=1S/C14H14F4N4O4S/c15-13(16)14(17,18)7-26-6-8-2-1-3-9(4-8)27(24,25)22-11-5-10(12(19)23)20-21-11/h1-5,13H,6-7H2,(H2,19,23)(H2,20,21,22). The lowest BCUT2D eigenvalue weighted by atomic mass is 10.2. The van der Waals surface area contributed by atoms with Gasteiger partial charge in [-0.1, -0.05) is 12.1 Å². The monoisotopic (exact) mass is 410 g/mol. The maximum Gasteiger partial charge on any atom is 0.330 e. The number of anilines is 1. The van der Waals surface area contributed by atoms with Crippen LogP contribution in [0.4, 0.5) is 23.4 Å². The van der Waals surface area contributed by atoms with E-state index in [0.29, 0.717) is 0 Å². The van der Waals surface area contributed by atoms with E-state index in [1.807, 2.05) is 0 Å². The van der Waals surface area contributed by atoms with Crippen LogP contribution >= 0.6 is 0 Å². The number of sulfonamides is 1. The predicted octanol–water partition coefficient (Wildman–Crippen LogP) is 1.73. The molecule has 1 amide bonds. The van der Waals surface area contributed by atoms with E-state index in [1.54, 1.807) is 0 Å². The molecule has 1 heterocycles. The Kier molecular flexibility index (Phi) is 6.05. The molecule has 0 fully saturated rings. The molecule has 2 rings (SSSR count). The van der Waals surface area contributed by atoms with Gasteiger partial charge in [0.15, 0.2) is 5.82 Å². The van der Waals surface area contributed by atoms with E-state index in [-0.39, 0.29) is 22.0 Å². The Bertz CT molecular complexity index is 917. The summed E-state index contributed by atoms with van der Waals surface area (Å²) in [5.74, 6) is -5.33. The van der Waals surface area contributed by atoms with Gasteiger partial charge in [-0.3, -0.25) is 14.6 Å². The summed E-state index contributed by atoms with van der Waals surface area (Å²) in [6, 6.07) is 6.10. The molecular weight excluding hydrogens is 396 g/mol. The number of carbonyl (C=O) groups excluding carboxylic acids is 1. The van der Waals surface area contributed by atoms with Crippen molar-refractivity contribution in [3.63, 3.8) is 0 Å². The molecular formula is C14H14F4N4O4S. The van der Waals surface area contributed by atoms with E-state index in [4.69, 9.17) is 5.73 Å². The first-order valence-corrected chi connectivity index (χ1v) is 8.70. The number of nitrogens with two attached hydrogens (primary N) is 1. The Balaban J connectivity index is 2.07. The molecule has 27 heavy (non-hydrogen) atoms. The van der Waals surface area contributed by atoms with Gasteiger partial charge in [0.1, 0.15) is 12.3 Å². The number of hydrogen-bond donors (Lipinski definition) is 3. The smallest absolute Gasteiger partial charge is 0.330 e. The average molecular weight is 410 g/mol. The number of alkyl halides is 4. The normalized spacial score (nSPS) is 12.3. The molecule has 4 N–H and O–H groups in total. The summed E-state index contributed by atoms with van der Waals surface area (Å²) in [6.45, 7) is -2.01. The van der Waals surface area contributed by atoms with E-state index in [2.05, 4.69) is 19.7 Å². The fourth-order valence-corrected chi connectivity index (χ4v) is 2.93. The molecule has 8 nitrogen and oxygen atoms in total. The van der Waals surface area contributed by atoms with E-state index in [9.17, 15) is 30.8 Å². The maximum absolute atomic E-state index is 12.8. The lowest BCUT2D eigenvalue weighted by Crippen LogP contribution is -2.32. The first-order chi connectivity index (χ1) is 12.5. The summed E-state index contributed by atoms with van der Waals surface area (Å²) < 4.78 is 81.0. The molecule has 0 spiro atoms. The second-order valence-corrected chi connectivity index (χ2v) is 7.02. The van der Waals surface area contributed by atoms with Crippen molar-refractivity contribution in [2.24, 2.45) is 5.73 Å². The highest BCUT2D eigenvalue weighted by molar-refractivity contribution is 7.92. The van der Waals surface area contributed by atoms with Crippen LogP contribution < -0.4 is 10.5 Å². The quantitative estimate of drug-likeness (QED) is 0.543. The highest BCUT2D eigenvalue weighted by atomic mass is 32.2. The van der Waals surface area contributed by atoms with Gasteiger partial charge in [0.2, 0.25) is 0 Å². The molecule has 148 valence electrons. The van der Waals surface area contributed by atoms with E-state index >= 15 is 0 Å². The van der Waals surface area contributed by atoms with Crippen LogP contribution in [0.5, 0.6) is 0 Å². The minimum atomic E-state index is -4.30. The highest BCUT2D eigenvalue weighted by Gasteiger charge is 2.40. The van der Waals surface area contributed by atoms with Crippen molar-refractivity contribution in [1.29, 1.82) is 0 Å². The largest absolute Gasteiger partial charge is 0.370 e. The summed E-state index contributed by atoms with van der Waals surface area (Å²) >= 11 is 0.